The first-order chi connectivity index (χ1) is 12.3. The van der Waals surface area contributed by atoms with E-state index in [1.54, 1.807) is 13.0 Å². The van der Waals surface area contributed by atoms with E-state index in [9.17, 15) is 19.2 Å². The predicted octanol–water partition coefficient (Wildman–Crippen LogP) is 1.80. The summed E-state index contributed by atoms with van der Waals surface area (Å²) in [5.74, 6) is -1.62. The van der Waals surface area contributed by atoms with Gasteiger partial charge in [0.25, 0.3) is 17.1 Å². The van der Waals surface area contributed by atoms with Crippen LogP contribution < -0.4 is 10.5 Å². The zero-order valence-corrected chi connectivity index (χ0v) is 15.3. The Kier molecular flexibility index (Phi) is 6.64. The molecule has 1 aliphatic heterocycles. The van der Waals surface area contributed by atoms with Crippen LogP contribution in [0.4, 0.5) is 4.79 Å². The van der Waals surface area contributed by atoms with Crippen molar-refractivity contribution in [1.29, 1.82) is 0 Å². The summed E-state index contributed by atoms with van der Waals surface area (Å²) in [6.07, 6.45) is 1.47. The quantitative estimate of drug-likeness (QED) is 0.549. The Morgan fingerprint density at radius 1 is 1.35 bits per heavy atom. The van der Waals surface area contributed by atoms with Crippen molar-refractivity contribution in [1.82, 2.24) is 4.90 Å². The van der Waals surface area contributed by atoms with E-state index >= 15 is 0 Å². The van der Waals surface area contributed by atoms with Crippen LogP contribution in [0.2, 0.25) is 5.02 Å². The summed E-state index contributed by atoms with van der Waals surface area (Å²) in [7, 11) is 0. The number of hydrogen-bond donors (Lipinski definition) is 1. The van der Waals surface area contributed by atoms with Crippen LogP contribution in [0.1, 0.15) is 12.5 Å². The van der Waals surface area contributed by atoms with Crippen molar-refractivity contribution in [3.63, 3.8) is 0 Å². The Morgan fingerprint density at radius 3 is 2.69 bits per heavy atom. The van der Waals surface area contributed by atoms with Gasteiger partial charge in [0.05, 0.1) is 16.5 Å². The highest BCUT2D eigenvalue weighted by molar-refractivity contribution is 8.18. The van der Waals surface area contributed by atoms with Gasteiger partial charge in [-0.2, -0.15) is 0 Å². The SMILES string of the molecule is CCOC(=O)CN1C(=O)SC(=Cc2ccc(OCC(N)=O)c(Cl)c2)C1=O. The number of carbonyl (C=O) groups excluding carboxylic acids is 4. The molecular weight excluding hydrogens is 384 g/mol. The van der Waals surface area contributed by atoms with Crippen LogP contribution >= 0.6 is 23.4 Å². The van der Waals surface area contributed by atoms with Gasteiger partial charge in [-0.15, -0.1) is 0 Å². The Balaban J connectivity index is 2.13. The van der Waals surface area contributed by atoms with E-state index in [1.807, 2.05) is 0 Å². The molecule has 8 nitrogen and oxygen atoms in total. The molecule has 0 atom stereocenters. The Morgan fingerprint density at radius 2 is 2.08 bits per heavy atom. The van der Waals surface area contributed by atoms with Crippen molar-refractivity contribution in [2.45, 2.75) is 6.92 Å². The van der Waals surface area contributed by atoms with Gasteiger partial charge in [-0.1, -0.05) is 17.7 Å². The maximum atomic E-state index is 12.3. The van der Waals surface area contributed by atoms with Crippen LogP contribution in [0.15, 0.2) is 23.1 Å². The second-order valence-corrected chi connectivity index (χ2v) is 6.42. The number of ether oxygens (including phenoxy) is 2. The average Bonchev–Trinajstić information content (AvgIpc) is 2.82. The summed E-state index contributed by atoms with van der Waals surface area (Å²) < 4.78 is 9.88. The number of halogens is 1. The molecule has 0 saturated carbocycles. The molecule has 1 aromatic rings. The molecule has 3 amide bonds. The van der Waals surface area contributed by atoms with E-state index in [1.165, 1.54) is 18.2 Å². The van der Waals surface area contributed by atoms with Gasteiger partial charge in [0, 0.05) is 0 Å². The number of thioether (sulfide) groups is 1. The summed E-state index contributed by atoms with van der Waals surface area (Å²) in [5.41, 5.74) is 5.54. The van der Waals surface area contributed by atoms with Crippen LogP contribution in [0.5, 0.6) is 5.75 Å². The highest BCUT2D eigenvalue weighted by Gasteiger charge is 2.36. The lowest BCUT2D eigenvalue weighted by Gasteiger charge is -2.10. The summed E-state index contributed by atoms with van der Waals surface area (Å²) in [5, 5.41) is -0.340. The highest BCUT2D eigenvalue weighted by Crippen LogP contribution is 2.33. The van der Waals surface area contributed by atoms with Crippen LogP contribution in [0, 0.1) is 0 Å². The van der Waals surface area contributed by atoms with E-state index in [0.29, 0.717) is 17.3 Å². The van der Waals surface area contributed by atoms with Crippen molar-refractivity contribution in [2.75, 3.05) is 19.8 Å². The Labute approximate surface area is 158 Å². The Bertz CT molecular complexity index is 795. The van der Waals surface area contributed by atoms with E-state index in [-0.39, 0.29) is 28.9 Å². The largest absolute Gasteiger partial charge is 0.482 e. The van der Waals surface area contributed by atoms with E-state index in [0.717, 1.165) is 4.90 Å². The average molecular weight is 399 g/mol. The van der Waals surface area contributed by atoms with Crippen molar-refractivity contribution in [3.05, 3.63) is 33.7 Å². The molecule has 2 rings (SSSR count). The topological polar surface area (TPSA) is 116 Å². The second kappa shape index (κ2) is 8.72. The number of carbonyl (C=O) groups is 4. The van der Waals surface area contributed by atoms with Gasteiger partial charge in [-0.3, -0.25) is 24.1 Å². The number of rotatable bonds is 7. The number of nitrogens with two attached hydrogens (primary N) is 1. The fourth-order valence-corrected chi connectivity index (χ4v) is 3.08. The molecule has 1 saturated heterocycles. The molecule has 0 radical (unpaired) electrons. The molecule has 2 N–H and O–H groups in total. The molecule has 1 aliphatic rings. The van der Waals surface area contributed by atoms with Crippen molar-refractivity contribution in [3.8, 4) is 5.75 Å². The summed E-state index contributed by atoms with van der Waals surface area (Å²) in [6, 6.07) is 4.62. The lowest BCUT2D eigenvalue weighted by molar-refractivity contribution is -0.146. The van der Waals surface area contributed by atoms with Crippen molar-refractivity contribution >= 4 is 52.5 Å². The minimum absolute atomic E-state index is 0.154. The predicted molar refractivity (Wildman–Crippen MR) is 95.5 cm³/mol. The first-order valence-electron chi connectivity index (χ1n) is 7.43. The molecule has 0 unspecified atom stereocenters. The molecule has 0 bridgehead atoms. The van der Waals surface area contributed by atoms with Gasteiger partial charge in [0.15, 0.2) is 6.61 Å². The molecular formula is C16H15ClN2O6S. The zero-order chi connectivity index (χ0) is 19.3. The highest BCUT2D eigenvalue weighted by atomic mass is 35.5. The van der Waals surface area contributed by atoms with Crippen molar-refractivity contribution in [2.24, 2.45) is 5.73 Å². The van der Waals surface area contributed by atoms with Gasteiger partial charge >= 0.3 is 5.97 Å². The Hall–Kier alpha value is -2.52. The number of benzene rings is 1. The first kappa shape index (κ1) is 19.8. The van der Waals surface area contributed by atoms with E-state index in [2.05, 4.69) is 0 Å². The second-order valence-electron chi connectivity index (χ2n) is 5.02. The smallest absolute Gasteiger partial charge is 0.326 e. The molecule has 10 heteroatoms. The zero-order valence-electron chi connectivity index (χ0n) is 13.7. The summed E-state index contributed by atoms with van der Waals surface area (Å²) in [4.78, 5) is 47.4. The fraction of sp³-hybridized carbons (Fsp3) is 0.250. The number of esters is 1. The lowest BCUT2D eigenvalue weighted by Crippen LogP contribution is -2.34. The normalized spacial score (nSPS) is 15.5. The van der Waals surface area contributed by atoms with Gasteiger partial charge in [0.1, 0.15) is 12.3 Å². The number of imide groups is 1. The minimum atomic E-state index is -0.657. The molecule has 0 spiro atoms. The molecule has 1 heterocycles. The molecule has 0 aliphatic carbocycles. The van der Waals surface area contributed by atoms with Gasteiger partial charge in [-0.05, 0) is 42.5 Å². The van der Waals surface area contributed by atoms with Crippen LogP contribution in [-0.4, -0.2) is 47.7 Å². The molecule has 1 fully saturated rings. The van der Waals surface area contributed by atoms with E-state index < -0.39 is 29.6 Å². The number of nitrogens with zero attached hydrogens (tertiary/aromatic N) is 1. The fourth-order valence-electron chi connectivity index (χ4n) is 2.00. The van der Waals surface area contributed by atoms with Crippen LogP contribution in [0.25, 0.3) is 6.08 Å². The molecule has 26 heavy (non-hydrogen) atoms. The third-order valence-electron chi connectivity index (χ3n) is 3.09. The monoisotopic (exact) mass is 398 g/mol. The number of amides is 3. The van der Waals surface area contributed by atoms with Gasteiger partial charge in [-0.25, -0.2) is 0 Å². The maximum absolute atomic E-state index is 12.3. The third kappa shape index (κ3) is 4.99. The summed E-state index contributed by atoms with van der Waals surface area (Å²) >= 11 is 6.78. The number of primary amides is 1. The summed E-state index contributed by atoms with van der Waals surface area (Å²) in [6.45, 7) is 1.04. The minimum Gasteiger partial charge on any atom is -0.482 e. The van der Waals surface area contributed by atoms with Gasteiger partial charge < -0.3 is 15.2 Å². The van der Waals surface area contributed by atoms with Gasteiger partial charge in [0.2, 0.25) is 0 Å². The standard InChI is InChI=1S/C16H15ClN2O6S/c1-2-24-14(21)7-19-15(22)12(26-16(19)23)6-9-3-4-11(10(17)5-9)25-8-13(18)20/h3-6H,2,7-8H2,1H3,(H2,18,20). The number of hydrogen-bond acceptors (Lipinski definition) is 7. The molecule has 0 aromatic heterocycles. The molecule has 1 aromatic carbocycles. The van der Waals surface area contributed by atoms with Crippen LogP contribution in [0.3, 0.4) is 0 Å². The van der Waals surface area contributed by atoms with Crippen LogP contribution in [-0.2, 0) is 19.1 Å². The first-order valence-corrected chi connectivity index (χ1v) is 8.63. The lowest BCUT2D eigenvalue weighted by atomic mass is 10.2. The third-order valence-corrected chi connectivity index (χ3v) is 4.29. The maximum Gasteiger partial charge on any atom is 0.326 e. The van der Waals surface area contributed by atoms with E-state index in [4.69, 9.17) is 26.8 Å². The van der Waals surface area contributed by atoms with Crippen molar-refractivity contribution < 1.29 is 28.7 Å². The molecule has 138 valence electrons.